The van der Waals surface area contributed by atoms with Crippen molar-refractivity contribution < 1.29 is 14.3 Å². The second-order valence-corrected chi connectivity index (χ2v) is 11.5. The first kappa shape index (κ1) is 51.4. The predicted molar refractivity (Wildman–Crippen MR) is 228 cm³/mol. The summed E-state index contributed by atoms with van der Waals surface area (Å²) in [7, 11) is 5.25. The molecule has 0 radical (unpaired) electrons. The predicted octanol–water partition coefficient (Wildman–Crippen LogP) is 7.55. The number of hydrogen-bond acceptors (Lipinski definition) is 8. The number of carbonyl (C=O) groups excluding carboxylic acids is 2. The van der Waals surface area contributed by atoms with Gasteiger partial charge >= 0.3 is 0 Å². The van der Waals surface area contributed by atoms with Crippen molar-refractivity contribution in [1.82, 2.24) is 20.0 Å². The number of nitrogens with two attached hydrogens (primary N) is 1. The van der Waals surface area contributed by atoms with Crippen LogP contribution in [0.1, 0.15) is 67.2 Å². The Morgan fingerprint density at radius 1 is 1.11 bits per heavy atom. The zero-order chi connectivity index (χ0) is 41.5. The van der Waals surface area contributed by atoms with Crippen molar-refractivity contribution in [2.24, 2.45) is 10.7 Å². The van der Waals surface area contributed by atoms with E-state index in [1.54, 1.807) is 43.7 Å². The molecule has 0 spiro atoms. The molecule has 54 heavy (non-hydrogen) atoms. The summed E-state index contributed by atoms with van der Waals surface area (Å²) < 4.78 is 5.07. The number of nitrogens with one attached hydrogen (secondary N) is 2. The monoisotopic (exact) mass is 782 g/mol. The van der Waals surface area contributed by atoms with Gasteiger partial charge in [0.05, 0.1) is 24.0 Å². The highest BCUT2D eigenvalue weighted by atomic mass is 35.5. The lowest BCUT2D eigenvalue weighted by Crippen LogP contribution is -2.49. The van der Waals surface area contributed by atoms with E-state index in [4.69, 9.17) is 27.0 Å². The molecule has 1 saturated heterocycles. The summed E-state index contributed by atoms with van der Waals surface area (Å²) in [5.41, 5.74) is 8.53. The molecule has 1 heterocycles. The van der Waals surface area contributed by atoms with E-state index in [1.807, 2.05) is 81.1 Å². The number of rotatable bonds is 13. The van der Waals surface area contributed by atoms with Gasteiger partial charge in [0.2, 0.25) is 5.91 Å². The zero-order valence-electron chi connectivity index (χ0n) is 33.2. The Hall–Kier alpha value is -4.73. The van der Waals surface area contributed by atoms with E-state index in [0.717, 1.165) is 16.7 Å². The number of methoxy groups -OCH3 is 1. The average molecular weight is 784 g/mol. The fraction of sp³-hybridized carbons (Fsp3) is 0.390. The SMILES string of the molecule is C=CCC(c1ccc(Cl)cc1/C(=C\C)C(/C=C/N=CN(C)C)NC(=O)COC)N1CCN(C(=O)c2ccc(C#N)cc2)CC1.C=CN.CC.CC=N.CCl. The highest BCUT2D eigenvalue weighted by Gasteiger charge is 2.30. The number of ether oxygens (including phenoxy) is 1. The Kier molecular flexibility index (Phi) is 30.2. The summed E-state index contributed by atoms with van der Waals surface area (Å²) in [6.45, 7) is 17.2. The molecule has 2 amide bonds. The van der Waals surface area contributed by atoms with Crippen molar-refractivity contribution in [3.8, 4) is 6.07 Å². The van der Waals surface area contributed by atoms with Crippen LogP contribution in [0.15, 0.2) is 91.2 Å². The number of amides is 2. The second kappa shape index (κ2) is 31.8. The van der Waals surface area contributed by atoms with Crippen LogP contribution < -0.4 is 11.1 Å². The molecule has 2 aromatic carbocycles. The third-order valence-corrected chi connectivity index (χ3v) is 7.51. The van der Waals surface area contributed by atoms with Gasteiger partial charge in [-0.2, -0.15) is 5.26 Å². The van der Waals surface area contributed by atoms with Crippen LogP contribution in [0.5, 0.6) is 0 Å². The van der Waals surface area contributed by atoms with Crippen LogP contribution >= 0.6 is 23.2 Å². The summed E-state index contributed by atoms with van der Waals surface area (Å²) in [6, 6.07) is 14.1. The van der Waals surface area contributed by atoms with E-state index in [0.29, 0.717) is 48.7 Å². The number of carbonyl (C=O) groups is 2. The van der Waals surface area contributed by atoms with Gasteiger partial charge in [-0.25, -0.2) is 4.99 Å². The van der Waals surface area contributed by atoms with E-state index < -0.39 is 6.04 Å². The van der Waals surface area contributed by atoms with Gasteiger partial charge in [-0.1, -0.05) is 50.2 Å². The Morgan fingerprint density at radius 3 is 2.17 bits per heavy atom. The smallest absolute Gasteiger partial charge is 0.253 e. The minimum atomic E-state index is -0.495. The summed E-state index contributed by atoms with van der Waals surface area (Å²) in [5, 5.41) is 18.8. The Balaban J connectivity index is 0. The maximum absolute atomic E-state index is 13.2. The van der Waals surface area contributed by atoms with Gasteiger partial charge < -0.3 is 31.0 Å². The molecular formula is C41H60Cl2N8O3. The highest BCUT2D eigenvalue weighted by molar-refractivity contribution is 6.30. The Labute approximate surface area is 334 Å². The van der Waals surface area contributed by atoms with Gasteiger partial charge in [0.15, 0.2) is 0 Å². The van der Waals surface area contributed by atoms with Crippen molar-refractivity contribution in [2.45, 2.75) is 46.2 Å². The third-order valence-electron chi connectivity index (χ3n) is 7.28. The number of nitriles is 1. The number of allylic oxidation sites excluding steroid dienone is 1. The first-order valence-electron chi connectivity index (χ1n) is 17.5. The second-order valence-electron chi connectivity index (χ2n) is 11.1. The molecule has 1 aliphatic rings. The molecule has 0 saturated carbocycles. The van der Waals surface area contributed by atoms with Crippen molar-refractivity contribution in [3.63, 3.8) is 0 Å². The molecule has 2 aromatic rings. The minimum Gasteiger partial charge on any atom is -0.405 e. The maximum Gasteiger partial charge on any atom is 0.253 e. The van der Waals surface area contributed by atoms with Crippen molar-refractivity contribution in [2.75, 3.05) is 60.4 Å². The molecule has 2 atom stereocenters. The Bertz CT molecular complexity index is 1520. The maximum atomic E-state index is 13.2. The van der Waals surface area contributed by atoms with E-state index >= 15 is 0 Å². The summed E-state index contributed by atoms with van der Waals surface area (Å²) >= 11 is 11.2. The van der Waals surface area contributed by atoms with Crippen LogP contribution in [0.4, 0.5) is 0 Å². The van der Waals surface area contributed by atoms with Gasteiger partial charge in [-0.3, -0.25) is 14.5 Å². The van der Waals surface area contributed by atoms with E-state index in [9.17, 15) is 9.59 Å². The highest BCUT2D eigenvalue weighted by Crippen LogP contribution is 2.35. The molecule has 0 aromatic heterocycles. The summed E-state index contributed by atoms with van der Waals surface area (Å²) in [4.78, 5) is 36.2. The van der Waals surface area contributed by atoms with Crippen molar-refractivity contribution in [3.05, 3.63) is 114 Å². The molecule has 296 valence electrons. The van der Waals surface area contributed by atoms with Gasteiger partial charge in [0.25, 0.3) is 5.91 Å². The normalized spacial score (nSPS) is 13.4. The van der Waals surface area contributed by atoms with Crippen LogP contribution in [-0.4, -0.2) is 105 Å². The minimum absolute atomic E-state index is 0.0343. The third kappa shape index (κ3) is 18.9. The molecule has 1 aliphatic heterocycles. The molecular weight excluding hydrogens is 723 g/mol. The van der Waals surface area contributed by atoms with Crippen LogP contribution in [0.25, 0.3) is 5.57 Å². The summed E-state index contributed by atoms with van der Waals surface area (Å²) in [5.74, 6) is -0.302. The molecule has 2 unspecified atom stereocenters. The number of piperazine rings is 1. The standard InChI is InChI=1S/C34H41ClN6O3.2C2H5N.C2H6.CH3Cl/c1-6-8-32(40-17-19-41(20-18-40)34(43)26-11-9-25(22-36)10-12-26)29-14-13-27(35)21-30(29)28(7-2)31(38-33(42)23-44-5)15-16-37-24-39(3)4;2*1-2-3;2*1-2/h6-7,9-16,21,24,31-32H,1,8,17-20,23H2,2-5H3,(H,38,42);2-3H,1H3;2H,1,3H2;1-2H3;1H3/b16-15+,28-7+,37-24?;;;;. The van der Waals surface area contributed by atoms with Gasteiger partial charge in [0.1, 0.15) is 6.61 Å². The summed E-state index contributed by atoms with van der Waals surface area (Å²) in [6.07, 6.45) is 13.7. The number of halogens is 2. The lowest BCUT2D eigenvalue weighted by molar-refractivity contribution is -0.124. The molecule has 0 bridgehead atoms. The molecule has 4 N–H and O–H groups in total. The fourth-order valence-corrected chi connectivity index (χ4v) is 5.36. The van der Waals surface area contributed by atoms with Gasteiger partial charge in [-0.15, -0.1) is 18.2 Å². The first-order valence-corrected chi connectivity index (χ1v) is 18.6. The lowest BCUT2D eigenvalue weighted by atomic mass is 9.88. The van der Waals surface area contributed by atoms with Crippen LogP contribution in [0.3, 0.4) is 0 Å². The van der Waals surface area contributed by atoms with E-state index in [1.165, 1.54) is 25.9 Å². The zero-order valence-corrected chi connectivity index (χ0v) is 34.7. The number of hydrogen-bond donors (Lipinski definition) is 3. The van der Waals surface area contributed by atoms with E-state index in [2.05, 4.69) is 51.8 Å². The Morgan fingerprint density at radius 2 is 1.69 bits per heavy atom. The quantitative estimate of drug-likeness (QED) is 0.0822. The molecule has 3 rings (SSSR count). The number of alkyl halides is 1. The number of benzene rings is 2. The number of nitrogens with zero attached hydrogens (tertiary/aromatic N) is 5. The van der Waals surface area contributed by atoms with Crippen LogP contribution in [0.2, 0.25) is 5.02 Å². The lowest BCUT2D eigenvalue weighted by Gasteiger charge is -2.40. The molecule has 0 aliphatic carbocycles. The molecule has 13 heteroatoms. The number of aliphatic imine (C=N–C) groups is 1. The van der Waals surface area contributed by atoms with Crippen LogP contribution in [-0.2, 0) is 9.53 Å². The van der Waals surface area contributed by atoms with E-state index in [-0.39, 0.29) is 24.5 Å². The van der Waals surface area contributed by atoms with Gasteiger partial charge in [-0.05, 0) is 91.9 Å². The molecule has 1 fully saturated rings. The first-order chi connectivity index (χ1) is 26.0. The van der Waals surface area contributed by atoms with Gasteiger partial charge in [0, 0.05) is 76.6 Å². The van der Waals surface area contributed by atoms with Crippen molar-refractivity contribution in [1.29, 1.82) is 10.7 Å². The van der Waals surface area contributed by atoms with Crippen molar-refractivity contribution >= 4 is 53.1 Å². The fourth-order valence-electron chi connectivity index (χ4n) is 5.19. The average Bonchev–Trinajstić information content (AvgIpc) is 3.18. The molecule has 11 nitrogen and oxygen atoms in total. The van der Waals surface area contributed by atoms with Crippen LogP contribution in [0, 0.1) is 16.7 Å². The topological polar surface area (TPSA) is 151 Å². The largest absolute Gasteiger partial charge is 0.405 e.